The zero-order valence-corrected chi connectivity index (χ0v) is 15.5. The van der Waals surface area contributed by atoms with Crippen LogP contribution in [0.2, 0.25) is 0 Å². The molecule has 0 atom stereocenters. The number of nitrogens with zero attached hydrogens (tertiary/aromatic N) is 1. The van der Waals surface area contributed by atoms with Crippen molar-refractivity contribution in [1.29, 1.82) is 0 Å². The normalized spacial score (nSPS) is 10.7. The van der Waals surface area contributed by atoms with Crippen molar-refractivity contribution in [1.82, 2.24) is 10.3 Å². The van der Waals surface area contributed by atoms with Crippen LogP contribution in [0, 0.1) is 0 Å². The van der Waals surface area contributed by atoms with Gasteiger partial charge in [-0.2, -0.15) is 0 Å². The van der Waals surface area contributed by atoms with Crippen molar-refractivity contribution in [2.24, 2.45) is 0 Å². The zero-order chi connectivity index (χ0) is 18.2. The molecule has 136 valence electrons. The summed E-state index contributed by atoms with van der Waals surface area (Å²) in [6.45, 7) is 1.84. The van der Waals surface area contributed by atoms with Gasteiger partial charge in [0.1, 0.15) is 11.6 Å². The van der Waals surface area contributed by atoms with E-state index in [-0.39, 0.29) is 6.61 Å². The lowest BCUT2D eigenvalue weighted by molar-refractivity contribution is 0.272. The Labute approximate surface area is 157 Å². The van der Waals surface area contributed by atoms with Crippen LogP contribution in [0.4, 0.5) is 0 Å². The molecule has 5 nitrogen and oxygen atoms in total. The number of rotatable bonds is 9. The molecule has 3 rings (SSSR count). The van der Waals surface area contributed by atoms with E-state index in [0.29, 0.717) is 23.8 Å². The number of thiazole rings is 1. The predicted octanol–water partition coefficient (Wildman–Crippen LogP) is 3.51. The minimum atomic E-state index is -0.0532. The standard InChI is InChI=1S/C20H22N2O3S/c1-24-18-8-7-16(11-21-10-15-5-3-2-4-6-15)9-19(18)25-13-20-22-17(12-23)14-26-20/h2-9,14,21,23H,10-13H2,1H3. The van der Waals surface area contributed by atoms with Gasteiger partial charge in [0.25, 0.3) is 0 Å². The average Bonchev–Trinajstić information content (AvgIpc) is 3.15. The number of aromatic nitrogens is 1. The molecular weight excluding hydrogens is 348 g/mol. The molecule has 2 aromatic carbocycles. The van der Waals surface area contributed by atoms with Crippen molar-refractivity contribution in [3.8, 4) is 11.5 Å². The molecule has 0 aliphatic heterocycles. The van der Waals surface area contributed by atoms with Crippen LogP contribution in [0.15, 0.2) is 53.9 Å². The number of nitrogens with one attached hydrogen (secondary N) is 1. The summed E-state index contributed by atoms with van der Waals surface area (Å²) < 4.78 is 11.3. The van der Waals surface area contributed by atoms with Gasteiger partial charge in [-0.05, 0) is 23.3 Å². The summed E-state index contributed by atoms with van der Waals surface area (Å²) in [5.74, 6) is 1.38. The number of benzene rings is 2. The molecule has 0 saturated heterocycles. The summed E-state index contributed by atoms with van der Waals surface area (Å²) in [5, 5.41) is 15.2. The fourth-order valence-corrected chi connectivity index (χ4v) is 3.21. The third kappa shape index (κ3) is 5.05. The Morgan fingerprint density at radius 2 is 1.85 bits per heavy atom. The van der Waals surface area contributed by atoms with Gasteiger partial charge in [0, 0.05) is 18.5 Å². The van der Waals surface area contributed by atoms with E-state index in [9.17, 15) is 0 Å². The molecule has 1 aromatic heterocycles. The highest BCUT2D eigenvalue weighted by Gasteiger charge is 2.08. The second kappa shape index (κ2) is 9.33. The first kappa shape index (κ1) is 18.4. The number of aliphatic hydroxyl groups excluding tert-OH is 1. The van der Waals surface area contributed by atoms with Gasteiger partial charge >= 0.3 is 0 Å². The lowest BCUT2D eigenvalue weighted by Crippen LogP contribution is -2.12. The molecule has 2 N–H and O–H groups in total. The summed E-state index contributed by atoms with van der Waals surface area (Å²) in [6, 6.07) is 16.2. The van der Waals surface area contributed by atoms with E-state index in [0.717, 1.165) is 23.7 Å². The van der Waals surface area contributed by atoms with Crippen LogP contribution in [0.25, 0.3) is 0 Å². The Kier molecular flexibility index (Phi) is 6.60. The highest BCUT2D eigenvalue weighted by Crippen LogP contribution is 2.29. The molecule has 0 amide bonds. The van der Waals surface area contributed by atoms with Crippen LogP contribution in [0.5, 0.6) is 11.5 Å². The van der Waals surface area contributed by atoms with Gasteiger partial charge in [-0.15, -0.1) is 11.3 Å². The second-order valence-corrected chi connectivity index (χ2v) is 6.70. The quantitative estimate of drug-likeness (QED) is 0.603. The Morgan fingerprint density at radius 3 is 2.58 bits per heavy atom. The summed E-state index contributed by atoms with van der Waals surface area (Å²) in [4.78, 5) is 4.30. The van der Waals surface area contributed by atoms with Gasteiger partial charge in [-0.25, -0.2) is 4.98 Å². The van der Waals surface area contributed by atoms with Crippen LogP contribution in [-0.4, -0.2) is 17.2 Å². The molecule has 0 fully saturated rings. The van der Waals surface area contributed by atoms with Gasteiger partial charge in [0.15, 0.2) is 11.5 Å². The van der Waals surface area contributed by atoms with Gasteiger partial charge in [0.2, 0.25) is 0 Å². The van der Waals surface area contributed by atoms with E-state index in [2.05, 4.69) is 22.4 Å². The van der Waals surface area contributed by atoms with Crippen molar-refractivity contribution in [3.05, 3.63) is 75.7 Å². The second-order valence-electron chi connectivity index (χ2n) is 5.75. The maximum absolute atomic E-state index is 9.10. The van der Waals surface area contributed by atoms with Crippen molar-refractivity contribution < 1.29 is 14.6 Å². The van der Waals surface area contributed by atoms with Gasteiger partial charge in [0.05, 0.1) is 19.4 Å². The van der Waals surface area contributed by atoms with Gasteiger partial charge < -0.3 is 19.9 Å². The third-order valence-electron chi connectivity index (χ3n) is 3.84. The SMILES string of the molecule is COc1ccc(CNCc2ccccc2)cc1OCc1nc(CO)cs1. The predicted molar refractivity (Wildman–Crippen MR) is 102 cm³/mol. The summed E-state index contributed by atoms with van der Waals surface area (Å²) in [6.07, 6.45) is 0. The first-order chi connectivity index (χ1) is 12.8. The van der Waals surface area contributed by atoms with E-state index in [1.54, 1.807) is 7.11 Å². The molecule has 0 spiro atoms. The van der Waals surface area contributed by atoms with Crippen molar-refractivity contribution >= 4 is 11.3 Å². The van der Waals surface area contributed by atoms with E-state index < -0.39 is 0 Å². The third-order valence-corrected chi connectivity index (χ3v) is 4.71. The summed E-state index contributed by atoms with van der Waals surface area (Å²) in [7, 11) is 1.63. The molecule has 0 bridgehead atoms. The molecular formula is C20H22N2O3S. The van der Waals surface area contributed by atoms with Crippen molar-refractivity contribution in [3.63, 3.8) is 0 Å². The van der Waals surface area contributed by atoms with Crippen LogP contribution < -0.4 is 14.8 Å². The monoisotopic (exact) mass is 370 g/mol. The van der Waals surface area contributed by atoms with E-state index >= 15 is 0 Å². The van der Waals surface area contributed by atoms with Gasteiger partial charge in [-0.3, -0.25) is 0 Å². The summed E-state index contributed by atoms with van der Waals surface area (Å²) >= 11 is 1.47. The Hall–Kier alpha value is -2.41. The highest BCUT2D eigenvalue weighted by atomic mass is 32.1. The van der Waals surface area contributed by atoms with E-state index in [1.807, 2.05) is 41.8 Å². The number of aliphatic hydroxyl groups is 1. The van der Waals surface area contributed by atoms with Crippen LogP contribution >= 0.6 is 11.3 Å². The lowest BCUT2D eigenvalue weighted by Gasteiger charge is -2.12. The molecule has 0 unspecified atom stereocenters. The number of ether oxygens (including phenoxy) is 2. The number of hydrogen-bond donors (Lipinski definition) is 2. The van der Waals surface area contributed by atoms with Crippen molar-refractivity contribution in [2.75, 3.05) is 7.11 Å². The van der Waals surface area contributed by atoms with Crippen LogP contribution in [0.1, 0.15) is 21.8 Å². The Morgan fingerprint density at radius 1 is 1.04 bits per heavy atom. The van der Waals surface area contributed by atoms with Crippen LogP contribution in [-0.2, 0) is 26.3 Å². The first-order valence-electron chi connectivity index (χ1n) is 8.37. The smallest absolute Gasteiger partial charge is 0.162 e. The molecule has 0 aliphatic rings. The molecule has 26 heavy (non-hydrogen) atoms. The van der Waals surface area contributed by atoms with Crippen molar-refractivity contribution in [2.45, 2.75) is 26.3 Å². The zero-order valence-electron chi connectivity index (χ0n) is 14.6. The highest BCUT2D eigenvalue weighted by molar-refractivity contribution is 7.09. The summed E-state index contributed by atoms with van der Waals surface area (Å²) in [5.41, 5.74) is 3.03. The maximum Gasteiger partial charge on any atom is 0.162 e. The molecule has 1 heterocycles. The fraction of sp³-hybridized carbons (Fsp3) is 0.250. The Balaban J connectivity index is 1.60. The van der Waals surface area contributed by atoms with Crippen LogP contribution in [0.3, 0.4) is 0 Å². The maximum atomic E-state index is 9.10. The molecule has 0 radical (unpaired) electrons. The molecule has 0 aliphatic carbocycles. The minimum absolute atomic E-state index is 0.0532. The molecule has 6 heteroatoms. The lowest BCUT2D eigenvalue weighted by atomic mass is 10.2. The number of hydrogen-bond acceptors (Lipinski definition) is 6. The molecule has 3 aromatic rings. The minimum Gasteiger partial charge on any atom is -0.493 e. The van der Waals surface area contributed by atoms with E-state index in [1.165, 1.54) is 16.9 Å². The molecule has 0 saturated carbocycles. The Bertz CT molecular complexity index is 821. The number of methoxy groups -OCH3 is 1. The van der Waals surface area contributed by atoms with E-state index in [4.69, 9.17) is 14.6 Å². The fourth-order valence-electron chi connectivity index (χ4n) is 2.52. The average molecular weight is 370 g/mol. The largest absolute Gasteiger partial charge is 0.493 e. The first-order valence-corrected chi connectivity index (χ1v) is 9.25. The topological polar surface area (TPSA) is 63.6 Å². The van der Waals surface area contributed by atoms with Gasteiger partial charge in [-0.1, -0.05) is 36.4 Å².